The van der Waals surface area contributed by atoms with Crippen molar-refractivity contribution in [3.8, 4) is 11.5 Å². The molecule has 5 rings (SSSR count). The first-order valence-electron chi connectivity index (χ1n) is 8.33. The number of fused-ring (bicyclic) bond motifs is 4. The van der Waals surface area contributed by atoms with Crippen molar-refractivity contribution in [1.29, 1.82) is 0 Å². The van der Waals surface area contributed by atoms with Crippen LogP contribution in [0.15, 0.2) is 48.5 Å². The maximum absolute atomic E-state index is 5.38. The van der Waals surface area contributed by atoms with Crippen molar-refractivity contribution in [3.63, 3.8) is 0 Å². The number of nitrogens with zero attached hydrogens (tertiary/aromatic N) is 2. The summed E-state index contributed by atoms with van der Waals surface area (Å²) >= 11 is 3.21. The summed E-state index contributed by atoms with van der Waals surface area (Å²) in [7, 11) is 3.26. The summed E-state index contributed by atoms with van der Waals surface area (Å²) in [6.07, 6.45) is 0. The molecular weight excluding hydrogens is 378 g/mol. The van der Waals surface area contributed by atoms with Gasteiger partial charge in [0.05, 0.1) is 34.7 Å². The fourth-order valence-electron chi connectivity index (χ4n) is 3.11. The van der Waals surface area contributed by atoms with Gasteiger partial charge in [0, 0.05) is 17.5 Å². The minimum Gasteiger partial charge on any atom is -0.493 e. The van der Waals surface area contributed by atoms with Crippen LogP contribution in [-0.2, 0) is 0 Å². The number of methoxy groups -OCH3 is 2. The number of hydrogen-bond acceptors (Lipinski definition) is 7. The average molecular weight is 393 g/mol. The molecule has 0 saturated heterocycles. The average Bonchev–Trinajstić information content (AvgIpc) is 3.29. The maximum Gasteiger partial charge on any atom is 0.190 e. The SMILES string of the molecule is COc1cc2nc(Nc3nc4ccc5ccccc5c4s3)sc2cc1OC. The van der Waals surface area contributed by atoms with Gasteiger partial charge in [-0.1, -0.05) is 53.0 Å². The third-order valence-electron chi connectivity index (χ3n) is 4.39. The summed E-state index contributed by atoms with van der Waals surface area (Å²) in [5.74, 6) is 1.37. The van der Waals surface area contributed by atoms with Crippen molar-refractivity contribution in [1.82, 2.24) is 9.97 Å². The molecule has 0 aliphatic heterocycles. The molecule has 134 valence electrons. The molecular formula is C20H15N3O2S2. The molecule has 1 N–H and O–H groups in total. The van der Waals surface area contributed by atoms with Gasteiger partial charge in [0.25, 0.3) is 0 Å². The number of aromatic nitrogens is 2. The van der Waals surface area contributed by atoms with E-state index in [-0.39, 0.29) is 0 Å². The van der Waals surface area contributed by atoms with Crippen molar-refractivity contribution < 1.29 is 9.47 Å². The number of benzene rings is 3. The van der Waals surface area contributed by atoms with Gasteiger partial charge in [-0.3, -0.25) is 0 Å². The van der Waals surface area contributed by atoms with Gasteiger partial charge in [0.1, 0.15) is 0 Å². The predicted octanol–water partition coefficient (Wildman–Crippen LogP) is 5.82. The van der Waals surface area contributed by atoms with E-state index in [1.165, 1.54) is 15.5 Å². The maximum atomic E-state index is 5.38. The molecule has 2 heterocycles. The van der Waals surface area contributed by atoms with E-state index in [4.69, 9.17) is 14.5 Å². The Morgan fingerprint density at radius 2 is 1.56 bits per heavy atom. The fourth-order valence-corrected chi connectivity index (χ4v) is 5.05. The highest BCUT2D eigenvalue weighted by molar-refractivity contribution is 7.24. The first-order chi connectivity index (χ1) is 13.2. The summed E-state index contributed by atoms with van der Waals surface area (Å²) in [4.78, 5) is 9.38. The summed E-state index contributed by atoms with van der Waals surface area (Å²) in [5.41, 5.74) is 1.86. The normalized spacial score (nSPS) is 11.3. The van der Waals surface area contributed by atoms with Gasteiger partial charge in [-0.05, 0) is 11.5 Å². The van der Waals surface area contributed by atoms with Gasteiger partial charge < -0.3 is 14.8 Å². The number of ether oxygens (including phenoxy) is 2. The highest BCUT2D eigenvalue weighted by Crippen LogP contribution is 2.38. The van der Waals surface area contributed by atoms with Crippen LogP contribution in [0.5, 0.6) is 11.5 Å². The molecule has 2 aromatic heterocycles. The second-order valence-corrected chi connectivity index (χ2v) is 8.00. The Morgan fingerprint density at radius 3 is 2.41 bits per heavy atom. The number of nitrogens with one attached hydrogen (secondary N) is 1. The van der Waals surface area contributed by atoms with E-state index >= 15 is 0 Å². The van der Waals surface area contributed by atoms with Crippen molar-refractivity contribution in [3.05, 3.63) is 48.5 Å². The molecule has 0 aliphatic carbocycles. The third kappa shape index (κ3) is 2.75. The van der Waals surface area contributed by atoms with E-state index in [0.717, 1.165) is 26.0 Å². The Labute approximate surface area is 163 Å². The Balaban J connectivity index is 1.55. The molecule has 0 unspecified atom stereocenters. The highest BCUT2D eigenvalue weighted by Gasteiger charge is 2.13. The highest BCUT2D eigenvalue weighted by atomic mass is 32.1. The quantitative estimate of drug-likeness (QED) is 0.417. The van der Waals surface area contributed by atoms with Gasteiger partial charge in [-0.25, -0.2) is 9.97 Å². The Bertz CT molecular complexity index is 1250. The number of anilines is 2. The topological polar surface area (TPSA) is 56.3 Å². The van der Waals surface area contributed by atoms with Crippen LogP contribution in [-0.4, -0.2) is 24.2 Å². The van der Waals surface area contributed by atoms with Gasteiger partial charge in [0.2, 0.25) is 0 Å². The predicted molar refractivity (Wildman–Crippen MR) is 113 cm³/mol. The molecule has 7 heteroatoms. The molecule has 0 fully saturated rings. The van der Waals surface area contributed by atoms with Crippen LogP contribution in [0, 0.1) is 0 Å². The number of rotatable bonds is 4. The Hall–Kier alpha value is -2.90. The number of thiazole rings is 2. The molecule has 27 heavy (non-hydrogen) atoms. The number of hydrogen-bond donors (Lipinski definition) is 1. The van der Waals surface area contributed by atoms with Crippen LogP contribution in [0.2, 0.25) is 0 Å². The first kappa shape index (κ1) is 16.3. The van der Waals surface area contributed by atoms with Crippen molar-refractivity contribution >= 4 is 64.1 Å². The zero-order valence-electron chi connectivity index (χ0n) is 14.6. The largest absolute Gasteiger partial charge is 0.493 e. The van der Waals surface area contributed by atoms with E-state index in [2.05, 4.69) is 46.7 Å². The van der Waals surface area contributed by atoms with E-state index in [1.807, 2.05) is 12.1 Å². The first-order valence-corrected chi connectivity index (χ1v) is 9.96. The molecule has 0 aliphatic rings. The van der Waals surface area contributed by atoms with Crippen molar-refractivity contribution in [2.75, 3.05) is 19.5 Å². The molecule has 3 aromatic carbocycles. The molecule has 0 saturated carbocycles. The lowest BCUT2D eigenvalue weighted by atomic mass is 10.1. The molecule has 5 aromatic rings. The van der Waals surface area contributed by atoms with E-state index < -0.39 is 0 Å². The lowest BCUT2D eigenvalue weighted by Gasteiger charge is -2.05. The molecule has 0 atom stereocenters. The minimum absolute atomic E-state index is 0.674. The summed E-state index contributed by atoms with van der Waals surface area (Å²) < 4.78 is 12.9. The van der Waals surface area contributed by atoms with E-state index in [1.54, 1.807) is 36.9 Å². The van der Waals surface area contributed by atoms with Gasteiger partial charge >= 0.3 is 0 Å². The molecule has 0 radical (unpaired) electrons. The zero-order chi connectivity index (χ0) is 18.4. The molecule has 0 bridgehead atoms. The minimum atomic E-state index is 0.674. The molecule has 5 nitrogen and oxygen atoms in total. The van der Waals surface area contributed by atoms with Crippen LogP contribution in [0.1, 0.15) is 0 Å². The summed E-state index contributed by atoms with van der Waals surface area (Å²) in [6.45, 7) is 0. The smallest absolute Gasteiger partial charge is 0.190 e. The second kappa shape index (κ2) is 6.37. The van der Waals surface area contributed by atoms with E-state index in [0.29, 0.717) is 11.5 Å². The van der Waals surface area contributed by atoms with Crippen molar-refractivity contribution in [2.24, 2.45) is 0 Å². The molecule has 0 amide bonds. The van der Waals surface area contributed by atoms with Gasteiger partial charge in [-0.15, -0.1) is 0 Å². The van der Waals surface area contributed by atoms with E-state index in [9.17, 15) is 0 Å². The summed E-state index contributed by atoms with van der Waals surface area (Å²) in [5, 5.41) is 7.43. The second-order valence-electron chi connectivity index (χ2n) is 5.97. The van der Waals surface area contributed by atoms with Crippen molar-refractivity contribution in [2.45, 2.75) is 0 Å². The lowest BCUT2D eigenvalue weighted by molar-refractivity contribution is 0.356. The third-order valence-corrected chi connectivity index (χ3v) is 6.34. The van der Waals surface area contributed by atoms with Gasteiger partial charge in [0.15, 0.2) is 21.8 Å². The Kier molecular flexibility index (Phi) is 3.84. The lowest BCUT2D eigenvalue weighted by Crippen LogP contribution is -1.90. The van der Waals surface area contributed by atoms with Crippen LogP contribution in [0.3, 0.4) is 0 Å². The monoisotopic (exact) mass is 393 g/mol. The van der Waals surface area contributed by atoms with Gasteiger partial charge in [-0.2, -0.15) is 0 Å². The van der Waals surface area contributed by atoms with Crippen LogP contribution < -0.4 is 14.8 Å². The summed E-state index contributed by atoms with van der Waals surface area (Å²) in [6, 6.07) is 16.4. The van der Waals surface area contributed by atoms with Crippen LogP contribution in [0.4, 0.5) is 10.3 Å². The fraction of sp³-hybridized carbons (Fsp3) is 0.100. The molecule has 0 spiro atoms. The van der Waals surface area contributed by atoms with Crippen LogP contribution in [0.25, 0.3) is 31.2 Å². The Morgan fingerprint density at radius 1 is 0.815 bits per heavy atom. The van der Waals surface area contributed by atoms with Crippen LogP contribution >= 0.6 is 22.7 Å². The zero-order valence-corrected chi connectivity index (χ0v) is 16.3. The standard InChI is InChI=1S/C20H15N3O2S2/c1-24-15-9-14-17(10-16(15)25-2)26-19(22-14)23-20-21-13-8-7-11-5-3-4-6-12(11)18(13)27-20/h3-10H,1-2H3,(H,21,22,23).